The Hall–Kier alpha value is 1.11. The molecule has 0 aromatic heterocycles. The van der Waals surface area contributed by atoms with Crippen LogP contribution in [0, 0.1) is 0 Å². The Morgan fingerprint density at radius 2 is 0.765 bits per heavy atom. The molecular formula is C10H24Cl2N2O2Pt-2. The first-order valence-corrected chi connectivity index (χ1v) is 5.30. The summed E-state index contributed by atoms with van der Waals surface area (Å²) in [6, 6.07) is 1.09. The molecular weight excluding hydrogens is 446 g/mol. The molecule has 0 amide bonds. The predicted molar refractivity (Wildman–Crippen MR) is 56.8 cm³/mol. The van der Waals surface area contributed by atoms with Crippen molar-refractivity contribution in [3.8, 4) is 0 Å². The smallest absolute Gasteiger partial charge is 1.00 e. The van der Waals surface area contributed by atoms with Crippen molar-refractivity contribution in [2.75, 3.05) is 0 Å². The third kappa shape index (κ3) is 17.1. The quantitative estimate of drug-likeness (QED) is 0.372. The van der Waals surface area contributed by atoms with Gasteiger partial charge in [0.1, 0.15) is 0 Å². The number of halogens is 2. The van der Waals surface area contributed by atoms with E-state index in [0.717, 1.165) is 0 Å². The minimum Gasteiger partial charge on any atom is -1.00 e. The van der Waals surface area contributed by atoms with E-state index in [1.807, 2.05) is 0 Å². The number of nitrogens with two attached hydrogens (primary N) is 2. The van der Waals surface area contributed by atoms with Crippen LogP contribution in [0.25, 0.3) is 0 Å². The zero-order valence-corrected chi connectivity index (χ0v) is 13.7. The van der Waals surface area contributed by atoms with E-state index < -0.39 is 0 Å². The number of hydrogen-bond acceptors (Lipinski definition) is 4. The molecule has 0 radical (unpaired) electrons. The molecule has 17 heavy (non-hydrogen) atoms. The van der Waals surface area contributed by atoms with E-state index in [1.54, 1.807) is 0 Å². The Labute approximate surface area is 131 Å². The molecule has 0 bridgehead atoms. The normalized spacial score (nSPS) is 18.0. The molecule has 0 heterocycles. The van der Waals surface area contributed by atoms with Gasteiger partial charge in [0.05, 0.1) is 0 Å². The average molecular weight is 470 g/mol. The first-order chi connectivity index (χ1) is 5.79. The summed E-state index contributed by atoms with van der Waals surface area (Å²) < 4.78 is 0. The van der Waals surface area contributed by atoms with E-state index in [-0.39, 0.29) is 56.8 Å². The third-order valence-electron chi connectivity index (χ3n) is 2.80. The van der Waals surface area contributed by atoms with Crippen molar-refractivity contribution in [1.29, 1.82) is 0 Å². The van der Waals surface area contributed by atoms with Crippen LogP contribution in [-0.4, -0.2) is 23.0 Å². The molecule has 0 unspecified atom stereocenters. The molecule has 4 nitrogen and oxygen atoms in total. The molecule has 2 aliphatic carbocycles. The molecule has 0 aromatic rings. The zero-order chi connectivity index (χ0) is 8.81. The average Bonchev–Trinajstić information content (AvgIpc) is 2.63. The Morgan fingerprint density at radius 3 is 0.824 bits per heavy atom. The fourth-order valence-corrected chi connectivity index (χ4v) is 1.91. The van der Waals surface area contributed by atoms with Gasteiger partial charge in [0.15, 0.2) is 0 Å². The summed E-state index contributed by atoms with van der Waals surface area (Å²) in [4.78, 5) is 0. The summed E-state index contributed by atoms with van der Waals surface area (Å²) in [5.41, 5.74) is 11.1. The van der Waals surface area contributed by atoms with Gasteiger partial charge in [0, 0.05) is 12.1 Å². The van der Waals surface area contributed by atoms with Crippen LogP contribution in [0.3, 0.4) is 0 Å². The third-order valence-corrected chi connectivity index (χ3v) is 2.80. The topological polar surface area (TPSA) is 112 Å². The molecule has 7 heteroatoms. The van der Waals surface area contributed by atoms with Crippen molar-refractivity contribution in [2.45, 2.75) is 63.5 Å². The van der Waals surface area contributed by atoms with Crippen molar-refractivity contribution in [2.24, 2.45) is 11.5 Å². The van der Waals surface area contributed by atoms with Crippen LogP contribution < -0.4 is 36.3 Å². The molecule has 0 spiro atoms. The van der Waals surface area contributed by atoms with Crippen molar-refractivity contribution in [3.05, 3.63) is 0 Å². The summed E-state index contributed by atoms with van der Waals surface area (Å²) in [5, 5.41) is 0. The van der Waals surface area contributed by atoms with Crippen LogP contribution >= 0.6 is 0 Å². The first-order valence-electron chi connectivity index (χ1n) is 5.30. The first kappa shape index (κ1) is 30.8. The summed E-state index contributed by atoms with van der Waals surface area (Å²) in [7, 11) is 0. The minimum atomic E-state index is 0. The van der Waals surface area contributed by atoms with Gasteiger partial charge in [0.25, 0.3) is 0 Å². The minimum absolute atomic E-state index is 0. The van der Waals surface area contributed by atoms with Gasteiger partial charge in [-0.1, -0.05) is 25.7 Å². The van der Waals surface area contributed by atoms with Crippen molar-refractivity contribution >= 4 is 0 Å². The predicted octanol–water partition coefficient (Wildman–Crippen LogP) is -4.57. The fourth-order valence-electron chi connectivity index (χ4n) is 1.91. The van der Waals surface area contributed by atoms with Crippen LogP contribution in [0.5, 0.6) is 0 Å². The van der Waals surface area contributed by atoms with Crippen molar-refractivity contribution < 1.29 is 56.8 Å². The van der Waals surface area contributed by atoms with E-state index in [4.69, 9.17) is 11.5 Å². The zero-order valence-electron chi connectivity index (χ0n) is 9.93. The summed E-state index contributed by atoms with van der Waals surface area (Å²) in [6.45, 7) is 0. The van der Waals surface area contributed by atoms with Gasteiger partial charge >= 0.3 is 21.1 Å². The molecule has 0 aliphatic heterocycles. The van der Waals surface area contributed by atoms with Crippen LogP contribution in [0.1, 0.15) is 51.4 Å². The molecule has 2 rings (SSSR count). The van der Waals surface area contributed by atoms with E-state index >= 15 is 0 Å². The monoisotopic (exact) mass is 469 g/mol. The van der Waals surface area contributed by atoms with Gasteiger partial charge in [-0.3, -0.25) is 0 Å². The van der Waals surface area contributed by atoms with Gasteiger partial charge in [-0.2, -0.15) is 0 Å². The van der Waals surface area contributed by atoms with Gasteiger partial charge < -0.3 is 47.2 Å². The van der Waals surface area contributed by atoms with Gasteiger partial charge in [-0.05, 0) is 25.7 Å². The molecule has 2 aliphatic rings. The molecule has 0 atom stereocenters. The van der Waals surface area contributed by atoms with Crippen LogP contribution in [-0.2, 0) is 21.1 Å². The van der Waals surface area contributed by atoms with E-state index in [9.17, 15) is 0 Å². The Bertz CT molecular complexity index is 111. The summed E-state index contributed by atoms with van der Waals surface area (Å²) >= 11 is 0. The Balaban J connectivity index is -0.0000000436. The molecule has 6 N–H and O–H groups in total. The van der Waals surface area contributed by atoms with Gasteiger partial charge in [-0.15, -0.1) is 0 Å². The van der Waals surface area contributed by atoms with Crippen LogP contribution in [0.2, 0.25) is 0 Å². The van der Waals surface area contributed by atoms with Crippen LogP contribution in [0.4, 0.5) is 0 Å². The number of rotatable bonds is 0. The maximum absolute atomic E-state index is 5.53. The summed E-state index contributed by atoms with van der Waals surface area (Å²) in [6.07, 6.45) is 10.5. The summed E-state index contributed by atoms with van der Waals surface area (Å²) in [5.74, 6) is 0. The molecule has 112 valence electrons. The standard InChI is InChI=1S/2C5H11N.2ClH.2H2O.Pt/c2*6-5-3-1-2-4-5;;;;;/h2*5H,1-4,6H2;2*1H;2*1H2;/q;;;;;;+2/p-4. The second-order valence-corrected chi connectivity index (χ2v) is 4.09. The SMILES string of the molecule is NC1CCCC1.NC1CCCC1.[Cl-].[Cl-].[OH-].[OH-].[Pt+2]. The van der Waals surface area contributed by atoms with E-state index in [0.29, 0.717) is 12.1 Å². The van der Waals surface area contributed by atoms with Gasteiger partial charge in [-0.25, -0.2) is 0 Å². The fraction of sp³-hybridized carbons (Fsp3) is 1.00. The Morgan fingerprint density at radius 1 is 0.588 bits per heavy atom. The van der Waals surface area contributed by atoms with Crippen LogP contribution in [0.15, 0.2) is 0 Å². The van der Waals surface area contributed by atoms with E-state index in [1.165, 1.54) is 51.4 Å². The largest absolute Gasteiger partial charge is 2.00 e. The molecule has 0 aromatic carbocycles. The maximum Gasteiger partial charge on any atom is 2.00 e. The molecule has 2 saturated carbocycles. The maximum atomic E-state index is 5.53. The molecule has 0 saturated heterocycles. The second kappa shape index (κ2) is 19.4. The van der Waals surface area contributed by atoms with E-state index in [2.05, 4.69) is 0 Å². The van der Waals surface area contributed by atoms with Crippen molar-refractivity contribution in [3.63, 3.8) is 0 Å². The van der Waals surface area contributed by atoms with Crippen molar-refractivity contribution in [1.82, 2.24) is 0 Å². The van der Waals surface area contributed by atoms with Gasteiger partial charge in [0.2, 0.25) is 0 Å². The second-order valence-electron chi connectivity index (χ2n) is 4.09. The molecule has 2 fully saturated rings. The Kier molecular flexibility index (Phi) is 35.3. The number of hydrogen-bond donors (Lipinski definition) is 2.